The van der Waals surface area contributed by atoms with Crippen LogP contribution < -0.4 is 5.32 Å². The van der Waals surface area contributed by atoms with Crippen molar-refractivity contribution in [2.45, 2.75) is 18.9 Å². The molecule has 0 fully saturated rings. The SMILES string of the molecule is CN(C)C(=O)c1cccc(NC(=O)CC2OCCc3ccsc32)n1. The molecule has 0 bridgehead atoms. The monoisotopic (exact) mass is 345 g/mol. The number of hydrogen-bond donors (Lipinski definition) is 1. The van der Waals surface area contributed by atoms with Crippen molar-refractivity contribution >= 4 is 29.0 Å². The largest absolute Gasteiger partial charge is 0.372 e. The Balaban J connectivity index is 1.66. The van der Waals surface area contributed by atoms with Crippen LogP contribution >= 0.6 is 11.3 Å². The molecule has 6 nitrogen and oxygen atoms in total. The Kier molecular flexibility index (Phi) is 4.92. The lowest BCUT2D eigenvalue weighted by molar-refractivity contribution is -0.119. The third kappa shape index (κ3) is 3.63. The Labute approximate surface area is 144 Å². The molecular weight excluding hydrogens is 326 g/mol. The number of thiophene rings is 1. The maximum atomic E-state index is 12.3. The summed E-state index contributed by atoms with van der Waals surface area (Å²) in [7, 11) is 3.32. The Hall–Kier alpha value is -2.25. The number of anilines is 1. The zero-order chi connectivity index (χ0) is 17.1. The lowest BCUT2D eigenvalue weighted by Gasteiger charge is -2.22. The lowest BCUT2D eigenvalue weighted by atomic mass is 10.1. The molecule has 0 radical (unpaired) electrons. The van der Waals surface area contributed by atoms with Gasteiger partial charge >= 0.3 is 0 Å². The molecule has 24 heavy (non-hydrogen) atoms. The van der Waals surface area contributed by atoms with Gasteiger partial charge in [0.25, 0.3) is 5.91 Å². The predicted octanol–water partition coefficient (Wildman–Crippen LogP) is 2.49. The molecule has 0 saturated carbocycles. The van der Waals surface area contributed by atoms with E-state index in [4.69, 9.17) is 4.74 Å². The van der Waals surface area contributed by atoms with Crippen LogP contribution in [0.1, 0.15) is 33.5 Å². The van der Waals surface area contributed by atoms with E-state index in [1.807, 2.05) is 5.38 Å². The molecule has 2 aromatic rings. The van der Waals surface area contributed by atoms with Crippen molar-refractivity contribution in [3.63, 3.8) is 0 Å². The van der Waals surface area contributed by atoms with Crippen LogP contribution in [-0.4, -0.2) is 42.4 Å². The number of fused-ring (bicyclic) bond motifs is 1. The summed E-state index contributed by atoms with van der Waals surface area (Å²) in [5.41, 5.74) is 1.56. The number of nitrogens with one attached hydrogen (secondary N) is 1. The molecule has 0 saturated heterocycles. The number of nitrogens with zero attached hydrogens (tertiary/aromatic N) is 2. The summed E-state index contributed by atoms with van der Waals surface area (Å²) in [6.45, 7) is 0.632. The summed E-state index contributed by atoms with van der Waals surface area (Å²) in [4.78, 5) is 31.0. The zero-order valence-electron chi connectivity index (χ0n) is 13.6. The number of carbonyl (C=O) groups excluding carboxylic acids is 2. The fourth-order valence-electron chi connectivity index (χ4n) is 2.59. The van der Waals surface area contributed by atoms with E-state index in [2.05, 4.69) is 16.4 Å². The molecule has 1 aliphatic heterocycles. The van der Waals surface area contributed by atoms with E-state index in [1.54, 1.807) is 43.6 Å². The first-order valence-corrected chi connectivity index (χ1v) is 8.59. The topological polar surface area (TPSA) is 71.5 Å². The van der Waals surface area contributed by atoms with Crippen LogP contribution in [0.5, 0.6) is 0 Å². The molecular formula is C17H19N3O3S. The van der Waals surface area contributed by atoms with Gasteiger partial charge < -0.3 is 15.0 Å². The Morgan fingerprint density at radius 1 is 1.38 bits per heavy atom. The molecule has 0 aromatic carbocycles. The van der Waals surface area contributed by atoms with Crippen LogP contribution in [0, 0.1) is 0 Å². The highest BCUT2D eigenvalue weighted by Gasteiger charge is 2.24. The highest BCUT2D eigenvalue weighted by molar-refractivity contribution is 7.10. The fraction of sp³-hybridized carbons (Fsp3) is 0.353. The number of hydrogen-bond acceptors (Lipinski definition) is 5. The Morgan fingerprint density at radius 3 is 3.00 bits per heavy atom. The summed E-state index contributed by atoms with van der Waals surface area (Å²) >= 11 is 1.62. The van der Waals surface area contributed by atoms with E-state index in [9.17, 15) is 9.59 Å². The van der Waals surface area contributed by atoms with Gasteiger partial charge in [-0.3, -0.25) is 9.59 Å². The van der Waals surface area contributed by atoms with Gasteiger partial charge in [0.1, 0.15) is 17.6 Å². The van der Waals surface area contributed by atoms with Crippen molar-refractivity contribution in [2.24, 2.45) is 0 Å². The van der Waals surface area contributed by atoms with Crippen molar-refractivity contribution in [2.75, 3.05) is 26.0 Å². The lowest BCUT2D eigenvalue weighted by Crippen LogP contribution is -2.24. The molecule has 3 heterocycles. The van der Waals surface area contributed by atoms with Crippen LogP contribution in [0.15, 0.2) is 29.6 Å². The molecule has 7 heteroatoms. The molecule has 2 amide bonds. The summed E-state index contributed by atoms with van der Waals surface area (Å²) in [6, 6.07) is 7.09. The first-order chi connectivity index (χ1) is 11.5. The molecule has 3 rings (SSSR count). The molecule has 1 aliphatic rings. The average molecular weight is 345 g/mol. The second-order valence-electron chi connectivity index (χ2n) is 5.78. The third-order valence-electron chi connectivity index (χ3n) is 3.78. The van der Waals surface area contributed by atoms with Gasteiger partial charge in [-0.25, -0.2) is 4.98 Å². The van der Waals surface area contributed by atoms with Gasteiger partial charge in [-0.05, 0) is 35.6 Å². The highest BCUT2D eigenvalue weighted by atomic mass is 32.1. The van der Waals surface area contributed by atoms with Crippen LogP contribution in [0.2, 0.25) is 0 Å². The second-order valence-corrected chi connectivity index (χ2v) is 6.73. The predicted molar refractivity (Wildman–Crippen MR) is 92.2 cm³/mol. The minimum atomic E-state index is -0.208. The first kappa shape index (κ1) is 16.6. The minimum absolute atomic E-state index is 0.178. The van der Waals surface area contributed by atoms with Crippen molar-refractivity contribution in [1.29, 1.82) is 0 Å². The van der Waals surface area contributed by atoms with Gasteiger partial charge in [-0.1, -0.05) is 6.07 Å². The molecule has 1 N–H and O–H groups in total. The molecule has 2 aromatic heterocycles. The van der Waals surface area contributed by atoms with Crippen molar-refractivity contribution in [1.82, 2.24) is 9.88 Å². The normalized spacial score (nSPS) is 16.3. The molecule has 1 atom stereocenters. The first-order valence-electron chi connectivity index (χ1n) is 7.71. The van der Waals surface area contributed by atoms with Gasteiger partial charge in [-0.15, -0.1) is 11.3 Å². The van der Waals surface area contributed by atoms with Crippen LogP contribution in [0.3, 0.4) is 0 Å². The summed E-state index contributed by atoms with van der Waals surface area (Å²) in [5.74, 6) is -0.0111. The number of ether oxygens (including phenoxy) is 1. The van der Waals surface area contributed by atoms with E-state index in [1.165, 1.54) is 10.5 Å². The van der Waals surface area contributed by atoms with E-state index < -0.39 is 0 Å². The minimum Gasteiger partial charge on any atom is -0.372 e. The number of carbonyl (C=O) groups is 2. The number of rotatable bonds is 4. The highest BCUT2D eigenvalue weighted by Crippen LogP contribution is 2.34. The van der Waals surface area contributed by atoms with E-state index in [0.717, 1.165) is 11.3 Å². The molecule has 0 spiro atoms. The van der Waals surface area contributed by atoms with Crippen molar-refractivity contribution in [3.8, 4) is 0 Å². The van der Waals surface area contributed by atoms with Gasteiger partial charge in [0, 0.05) is 19.0 Å². The van der Waals surface area contributed by atoms with Crippen molar-refractivity contribution < 1.29 is 14.3 Å². The summed E-state index contributed by atoms with van der Waals surface area (Å²) < 4.78 is 5.73. The standard InChI is InChI=1S/C17H19N3O3S/c1-20(2)17(22)12-4-3-5-14(18-12)19-15(21)10-13-16-11(6-8-23-13)7-9-24-16/h3-5,7,9,13H,6,8,10H2,1-2H3,(H,18,19,21). The molecule has 0 aliphatic carbocycles. The summed E-state index contributed by atoms with van der Waals surface area (Å²) in [5, 5.41) is 4.78. The Bertz CT molecular complexity index is 757. The number of aromatic nitrogens is 1. The second kappa shape index (κ2) is 7.11. The van der Waals surface area contributed by atoms with Gasteiger partial charge in [0.05, 0.1) is 13.0 Å². The van der Waals surface area contributed by atoms with Crippen LogP contribution in [0.25, 0.3) is 0 Å². The molecule has 126 valence electrons. The Morgan fingerprint density at radius 2 is 2.21 bits per heavy atom. The van der Waals surface area contributed by atoms with Crippen LogP contribution in [-0.2, 0) is 16.0 Å². The van der Waals surface area contributed by atoms with Gasteiger partial charge in [0.15, 0.2) is 0 Å². The quantitative estimate of drug-likeness (QED) is 0.924. The van der Waals surface area contributed by atoms with Crippen LogP contribution in [0.4, 0.5) is 5.82 Å². The smallest absolute Gasteiger partial charge is 0.272 e. The fourth-order valence-corrected chi connectivity index (χ4v) is 3.59. The maximum absolute atomic E-state index is 12.3. The molecule has 1 unspecified atom stereocenters. The van der Waals surface area contributed by atoms with Gasteiger partial charge in [-0.2, -0.15) is 0 Å². The van der Waals surface area contributed by atoms with E-state index >= 15 is 0 Å². The number of amides is 2. The van der Waals surface area contributed by atoms with Gasteiger partial charge in [0.2, 0.25) is 5.91 Å². The summed E-state index contributed by atoms with van der Waals surface area (Å²) in [6.07, 6.45) is 0.925. The number of pyridine rings is 1. The third-order valence-corrected chi connectivity index (χ3v) is 4.83. The average Bonchev–Trinajstić information content (AvgIpc) is 3.04. The van der Waals surface area contributed by atoms with E-state index in [0.29, 0.717) is 18.1 Å². The van der Waals surface area contributed by atoms with Crippen molar-refractivity contribution in [3.05, 3.63) is 45.8 Å². The zero-order valence-corrected chi connectivity index (χ0v) is 14.4. The van der Waals surface area contributed by atoms with E-state index in [-0.39, 0.29) is 24.3 Å². The maximum Gasteiger partial charge on any atom is 0.272 e.